The van der Waals surface area contributed by atoms with Crippen molar-refractivity contribution in [3.05, 3.63) is 83.9 Å². The van der Waals surface area contributed by atoms with E-state index in [2.05, 4.69) is 20.8 Å². The van der Waals surface area contributed by atoms with Crippen LogP contribution in [0.2, 0.25) is 0 Å². The van der Waals surface area contributed by atoms with Gasteiger partial charge in [-0.25, -0.2) is 14.0 Å². The smallest absolute Gasteiger partial charge is 0.364 e. The molecule has 0 radical (unpaired) electrons. The molecule has 1 aliphatic rings. The second-order valence-corrected chi connectivity index (χ2v) is 10.7. The molecule has 0 N–H and O–H groups in total. The topological polar surface area (TPSA) is 52.6 Å². The lowest BCUT2D eigenvalue weighted by Crippen LogP contribution is -2.44. The van der Waals surface area contributed by atoms with Gasteiger partial charge < -0.3 is 9.47 Å². The highest BCUT2D eigenvalue weighted by Gasteiger charge is 2.51. The number of hydrogen-bond donors (Lipinski definition) is 0. The summed E-state index contributed by atoms with van der Waals surface area (Å²) in [6.45, 7) is 6.24. The first-order chi connectivity index (χ1) is 17.2. The second kappa shape index (κ2) is 11.0. The van der Waals surface area contributed by atoms with Crippen LogP contribution in [0.4, 0.5) is 4.39 Å². The third-order valence-electron chi connectivity index (χ3n) is 7.13. The highest BCUT2D eigenvalue weighted by molar-refractivity contribution is 6.33. The van der Waals surface area contributed by atoms with Gasteiger partial charge in [0, 0.05) is 0 Å². The van der Waals surface area contributed by atoms with Crippen LogP contribution in [-0.4, -0.2) is 23.2 Å². The summed E-state index contributed by atoms with van der Waals surface area (Å²) in [6.07, 6.45) is 0.452. The number of rotatable bonds is 7. The minimum atomic E-state index is -3.10. The number of halogens is 2. The summed E-state index contributed by atoms with van der Waals surface area (Å²) in [5, 5.41) is -1.31. The first-order valence-corrected chi connectivity index (χ1v) is 12.9. The van der Waals surface area contributed by atoms with E-state index >= 15 is 4.39 Å². The predicted octanol–water partition coefficient (Wildman–Crippen LogP) is 7.65. The number of ether oxygens (including phenoxy) is 2. The molecule has 0 aromatic heterocycles. The monoisotopic (exact) mass is 510 g/mol. The SMILES string of the molecule is CC(C)[C@H]1CC[C@H](C)C[C@@H]1OC(=O)[C@](F)(Cl)[C@H](OC(=O)c1ccc2ccccc2c1)c1ccccc1. The van der Waals surface area contributed by atoms with E-state index in [0.29, 0.717) is 12.3 Å². The van der Waals surface area contributed by atoms with Crippen LogP contribution in [0.1, 0.15) is 62.1 Å². The van der Waals surface area contributed by atoms with Gasteiger partial charge in [-0.2, -0.15) is 0 Å². The van der Waals surface area contributed by atoms with Crippen molar-refractivity contribution < 1.29 is 23.5 Å². The molecule has 5 atom stereocenters. The molecule has 190 valence electrons. The summed E-state index contributed by atoms with van der Waals surface area (Å²) in [5.41, 5.74) is 0.495. The first kappa shape index (κ1) is 26.2. The largest absolute Gasteiger partial charge is 0.459 e. The maximum Gasteiger partial charge on any atom is 0.364 e. The molecule has 1 saturated carbocycles. The number of carbonyl (C=O) groups is 2. The van der Waals surface area contributed by atoms with Crippen LogP contribution in [0.25, 0.3) is 10.8 Å². The Labute approximate surface area is 216 Å². The van der Waals surface area contributed by atoms with E-state index in [4.69, 9.17) is 21.1 Å². The van der Waals surface area contributed by atoms with Gasteiger partial charge in [-0.3, -0.25) is 0 Å². The Morgan fingerprint density at radius 1 is 0.972 bits per heavy atom. The van der Waals surface area contributed by atoms with Gasteiger partial charge >= 0.3 is 17.1 Å². The molecule has 0 aliphatic heterocycles. The highest BCUT2D eigenvalue weighted by Crippen LogP contribution is 2.41. The van der Waals surface area contributed by atoms with Crippen LogP contribution in [0, 0.1) is 17.8 Å². The number of benzene rings is 3. The lowest BCUT2D eigenvalue weighted by molar-refractivity contribution is -0.170. The molecule has 6 heteroatoms. The lowest BCUT2D eigenvalue weighted by Gasteiger charge is -2.38. The Morgan fingerprint density at radius 2 is 1.64 bits per heavy atom. The lowest BCUT2D eigenvalue weighted by atomic mass is 9.75. The van der Waals surface area contributed by atoms with E-state index in [1.807, 2.05) is 24.3 Å². The van der Waals surface area contributed by atoms with Crippen LogP contribution < -0.4 is 0 Å². The summed E-state index contributed by atoms with van der Waals surface area (Å²) in [7, 11) is 0. The molecule has 3 aromatic rings. The van der Waals surface area contributed by atoms with Gasteiger partial charge in [-0.1, -0.05) is 99.5 Å². The Morgan fingerprint density at radius 3 is 2.33 bits per heavy atom. The van der Waals surface area contributed by atoms with E-state index in [1.165, 1.54) is 0 Å². The number of carbonyl (C=O) groups excluding carboxylic acids is 2. The van der Waals surface area contributed by atoms with Crippen molar-refractivity contribution in [2.24, 2.45) is 17.8 Å². The summed E-state index contributed by atoms with van der Waals surface area (Å²) in [5.74, 6) is -1.26. The predicted molar refractivity (Wildman–Crippen MR) is 139 cm³/mol. The van der Waals surface area contributed by atoms with E-state index in [9.17, 15) is 9.59 Å². The maximum atomic E-state index is 16.2. The molecule has 3 aromatic carbocycles. The third-order valence-corrected chi connectivity index (χ3v) is 7.49. The molecule has 0 bridgehead atoms. The molecular formula is C30H32ClFO4. The van der Waals surface area contributed by atoms with Crippen molar-refractivity contribution in [3.63, 3.8) is 0 Å². The van der Waals surface area contributed by atoms with Crippen LogP contribution in [0.3, 0.4) is 0 Å². The molecule has 0 heterocycles. The van der Waals surface area contributed by atoms with Crippen molar-refractivity contribution in [3.8, 4) is 0 Å². The molecule has 0 saturated heterocycles. The van der Waals surface area contributed by atoms with Gasteiger partial charge in [0.1, 0.15) is 6.10 Å². The zero-order chi connectivity index (χ0) is 25.9. The van der Waals surface area contributed by atoms with Crippen molar-refractivity contribution >= 4 is 34.3 Å². The normalized spacial score (nSPS) is 22.6. The minimum absolute atomic E-state index is 0.118. The quantitative estimate of drug-likeness (QED) is 0.242. The standard InChI is InChI=1S/C30H32ClFO4/c1-19(2)25-16-13-20(3)17-26(25)35-29(34)30(31,32)27(22-10-5-4-6-11-22)36-28(33)24-15-14-21-9-7-8-12-23(21)18-24/h4-12,14-15,18-20,25-27H,13,16-17H2,1-3H3/t20-,25+,26-,27+,30-/m0/s1. The molecule has 36 heavy (non-hydrogen) atoms. The maximum absolute atomic E-state index is 16.2. The molecule has 0 unspecified atom stereocenters. The minimum Gasteiger partial charge on any atom is -0.459 e. The van der Waals surface area contributed by atoms with Crippen LogP contribution in [0.15, 0.2) is 72.8 Å². The summed E-state index contributed by atoms with van der Waals surface area (Å²) < 4.78 is 27.5. The first-order valence-electron chi connectivity index (χ1n) is 12.5. The molecule has 0 amide bonds. The Kier molecular flexibility index (Phi) is 7.99. The average Bonchev–Trinajstić information content (AvgIpc) is 2.87. The zero-order valence-corrected chi connectivity index (χ0v) is 21.6. The number of fused-ring (bicyclic) bond motifs is 1. The van der Waals surface area contributed by atoms with Gasteiger partial charge in [0.05, 0.1) is 5.56 Å². The molecular weight excluding hydrogens is 479 g/mol. The Balaban J connectivity index is 1.60. The highest BCUT2D eigenvalue weighted by atomic mass is 35.5. The van der Waals surface area contributed by atoms with E-state index in [-0.39, 0.29) is 23.0 Å². The van der Waals surface area contributed by atoms with Crippen LogP contribution in [0.5, 0.6) is 0 Å². The van der Waals surface area contributed by atoms with Crippen molar-refractivity contribution in [2.45, 2.75) is 57.4 Å². The van der Waals surface area contributed by atoms with Crippen LogP contribution >= 0.6 is 11.6 Å². The number of hydrogen-bond acceptors (Lipinski definition) is 4. The molecule has 1 aliphatic carbocycles. The molecule has 4 rings (SSSR count). The summed E-state index contributed by atoms with van der Waals surface area (Å²) >= 11 is 6.28. The van der Waals surface area contributed by atoms with Gasteiger partial charge in [-0.15, -0.1) is 0 Å². The number of alkyl halides is 2. The molecule has 4 nitrogen and oxygen atoms in total. The average molecular weight is 511 g/mol. The zero-order valence-electron chi connectivity index (χ0n) is 20.8. The summed E-state index contributed by atoms with van der Waals surface area (Å²) in [6, 6.07) is 20.9. The second-order valence-electron chi connectivity index (χ2n) is 10.2. The molecule has 1 fully saturated rings. The molecule has 0 spiro atoms. The Bertz CT molecular complexity index is 1210. The van der Waals surface area contributed by atoms with E-state index < -0.39 is 29.3 Å². The van der Waals surface area contributed by atoms with Crippen molar-refractivity contribution in [1.82, 2.24) is 0 Å². The van der Waals surface area contributed by atoms with E-state index in [0.717, 1.165) is 23.6 Å². The van der Waals surface area contributed by atoms with Crippen molar-refractivity contribution in [2.75, 3.05) is 0 Å². The summed E-state index contributed by atoms with van der Waals surface area (Å²) in [4.78, 5) is 26.3. The van der Waals surface area contributed by atoms with Gasteiger partial charge in [0.25, 0.3) is 0 Å². The van der Waals surface area contributed by atoms with Crippen molar-refractivity contribution in [1.29, 1.82) is 0 Å². The number of esters is 2. The van der Waals surface area contributed by atoms with Gasteiger partial charge in [-0.05, 0) is 59.1 Å². The Hall–Kier alpha value is -2.92. The van der Waals surface area contributed by atoms with Crippen LogP contribution in [-0.2, 0) is 14.3 Å². The third kappa shape index (κ3) is 5.73. The fraction of sp³-hybridized carbons (Fsp3) is 0.400. The fourth-order valence-electron chi connectivity index (χ4n) is 5.04. The van der Waals surface area contributed by atoms with Gasteiger partial charge in [0.2, 0.25) is 0 Å². The van der Waals surface area contributed by atoms with Gasteiger partial charge in [0.15, 0.2) is 6.10 Å². The van der Waals surface area contributed by atoms with E-state index in [1.54, 1.807) is 48.5 Å². The fourth-order valence-corrected chi connectivity index (χ4v) is 5.26.